The van der Waals surface area contributed by atoms with E-state index in [0.717, 1.165) is 21.8 Å². The number of hydrogen-bond acceptors (Lipinski definition) is 4. The molecule has 0 aliphatic heterocycles. The molecule has 0 bridgehead atoms. The zero-order chi connectivity index (χ0) is 13.1. The Morgan fingerprint density at radius 3 is 2.72 bits per heavy atom. The highest BCUT2D eigenvalue weighted by molar-refractivity contribution is 7.80. The molecule has 0 atom stereocenters. The van der Waals surface area contributed by atoms with Gasteiger partial charge in [0.05, 0.1) is 0 Å². The molecule has 1 heterocycles. The molecule has 2 N–H and O–H groups in total. The lowest BCUT2D eigenvalue weighted by molar-refractivity contribution is 0.884. The van der Waals surface area contributed by atoms with Crippen LogP contribution in [0.1, 0.15) is 17.0 Å². The van der Waals surface area contributed by atoms with Gasteiger partial charge in [0.15, 0.2) is 4.77 Å². The maximum absolute atomic E-state index is 5.03. The van der Waals surface area contributed by atoms with Gasteiger partial charge in [-0.05, 0) is 41.6 Å². The normalized spacial score (nSPS) is 10.3. The van der Waals surface area contributed by atoms with Crippen molar-refractivity contribution in [2.45, 2.75) is 11.3 Å². The van der Waals surface area contributed by atoms with E-state index in [4.69, 9.17) is 24.4 Å². The highest BCUT2D eigenvalue weighted by atomic mass is 32.1. The van der Waals surface area contributed by atoms with Crippen LogP contribution in [0.4, 0.5) is 0 Å². The smallest absolute Gasteiger partial charge is 0.200 e. The molecule has 18 heavy (non-hydrogen) atoms. The molecule has 0 spiro atoms. The molecule has 0 saturated carbocycles. The third-order valence-corrected chi connectivity index (χ3v) is 3.23. The minimum absolute atomic E-state index is 0.386. The molecular formula is C12H11N3S3. The number of benzene rings is 1. The van der Waals surface area contributed by atoms with Crippen LogP contribution < -0.4 is 0 Å². The maximum Gasteiger partial charge on any atom is 0.200 e. The molecule has 1 aromatic heterocycles. The van der Waals surface area contributed by atoms with Gasteiger partial charge in [-0.3, -0.25) is 0 Å². The third-order valence-electron chi connectivity index (χ3n) is 2.42. The zero-order valence-electron chi connectivity index (χ0n) is 9.43. The van der Waals surface area contributed by atoms with Gasteiger partial charge in [-0.25, -0.2) is 4.98 Å². The fourth-order valence-corrected chi connectivity index (χ4v) is 2.35. The van der Waals surface area contributed by atoms with E-state index < -0.39 is 0 Å². The predicted octanol–water partition coefficient (Wildman–Crippen LogP) is 3.72. The van der Waals surface area contributed by atoms with Crippen LogP contribution in [0.5, 0.6) is 0 Å². The van der Waals surface area contributed by atoms with E-state index in [2.05, 4.69) is 34.2 Å². The first-order chi connectivity index (χ1) is 8.58. The summed E-state index contributed by atoms with van der Waals surface area (Å²) in [6.45, 7) is 3.72. The molecule has 6 heteroatoms. The van der Waals surface area contributed by atoms with E-state index in [0.29, 0.717) is 16.0 Å². The second-order valence-corrected chi connectivity index (χ2v) is 4.99. The lowest BCUT2D eigenvalue weighted by Gasteiger charge is -2.06. The predicted molar refractivity (Wildman–Crippen MR) is 81.2 cm³/mol. The number of H-pyrrole nitrogens is 2. The summed E-state index contributed by atoms with van der Waals surface area (Å²) in [7, 11) is 0. The van der Waals surface area contributed by atoms with Crippen LogP contribution in [0, 0.1) is 9.54 Å². The molecule has 1 aromatic carbocycles. The first kappa shape index (κ1) is 13.2. The Hall–Kier alpha value is -1.24. The van der Waals surface area contributed by atoms with E-state index in [1.807, 2.05) is 18.2 Å². The van der Waals surface area contributed by atoms with Gasteiger partial charge in [0.2, 0.25) is 4.77 Å². The number of aromatic amines is 2. The van der Waals surface area contributed by atoms with E-state index >= 15 is 0 Å². The zero-order valence-corrected chi connectivity index (χ0v) is 12.0. The van der Waals surface area contributed by atoms with Crippen LogP contribution in [0.3, 0.4) is 0 Å². The van der Waals surface area contributed by atoms with Gasteiger partial charge in [-0.2, -0.15) is 0 Å². The standard InChI is InChI=1S/C12H11N3S3/c1-2-7-3-4-8(9(16)5-7)6-10-13-11(17)15-12(18)14-10/h2-5,16H,1,6H2,(H2,13,14,15,17,18). The number of nitrogens with one attached hydrogen (secondary N) is 2. The molecule has 2 rings (SSSR count). The number of hydrogen-bond donors (Lipinski definition) is 3. The van der Waals surface area contributed by atoms with Crippen LogP contribution in [0.15, 0.2) is 29.7 Å². The number of thiol groups is 1. The molecule has 0 aliphatic rings. The quantitative estimate of drug-likeness (QED) is 0.597. The van der Waals surface area contributed by atoms with Crippen molar-refractivity contribution in [2.75, 3.05) is 0 Å². The highest BCUT2D eigenvalue weighted by Crippen LogP contribution is 2.18. The minimum atomic E-state index is 0.386. The van der Waals surface area contributed by atoms with Crippen molar-refractivity contribution in [1.29, 1.82) is 0 Å². The summed E-state index contributed by atoms with van der Waals surface area (Å²) in [5.41, 5.74) is 2.10. The van der Waals surface area contributed by atoms with Crippen molar-refractivity contribution in [3.05, 3.63) is 51.3 Å². The molecular weight excluding hydrogens is 282 g/mol. The largest absolute Gasteiger partial charge is 0.320 e. The molecule has 0 amide bonds. The average molecular weight is 293 g/mol. The van der Waals surface area contributed by atoms with Crippen LogP contribution >= 0.6 is 37.1 Å². The lowest BCUT2D eigenvalue weighted by atomic mass is 10.1. The summed E-state index contributed by atoms with van der Waals surface area (Å²) in [4.78, 5) is 10.8. The van der Waals surface area contributed by atoms with Crippen molar-refractivity contribution in [3.8, 4) is 0 Å². The van der Waals surface area contributed by atoms with Gasteiger partial charge in [0, 0.05) is 11.3 Å². The van der Waals surface area contributed by atoms with Crippen molar-refractivity contribution >= 4 is 43.1 Å². The third kappa shape index (κ3) is 3.16. The first-order valence-corrected chi connectivity index (χ1v) is 6.48. The fourth-order valence-electron chi connectivity index (χ4n) is 1.56. The molecule has 0 aliphatic carbocycles. The summed E-state index contributed by atoms with van der Waals surface area (Å²) in [5.74, 6) is 0.727. The summed E-state index contributed by atoms with van der Waals surface area (Å²) in [6, 6.07) is 5.95. The summed E-state index contributed by atoms with van der Waals surface area (Å²) < 4.78 is 0.866. The second-order valence-electron chi connectivity index (χ2n) is 3.71. The number of rotatable bonds is 3. The van der Waals surface area contributed by atoms with Gasteiger partial charge < -0.3 is 9.97 Å². The Kier molecular flexibility index (Phi) is 4.11. The van der Waals surface area contributed by atoms with Crippen LogP contribution in [0.2, 0.25) is 0 Å². The van der Waals surface area contributed by atoms with Crippen molar-refractivity contribution in [3.63, 3.8) is 0 Å². The van der Waals surface area contributed by atoms with Crippen LogP contribution in [-0.4, -0.2) is 15.0 Å². The van der Waals surface area contributed by atoms with Gasteiger partial charge in [-0.1, -0.05) is 24.8 Å². The van der Waals surface area contributed by atoms with E-state index in [-0.39, 0.29) is 0 Å². The summed E-state index contributed by atoms with van der Waals surface area (Å²) in [5, 5.41) is 0. The van der Waals surface area contributed by atoms with Crippen LogP contribution in [0.25, 0.3) is 6.08 Å². The van der Waals surface area contributed by atoms with E-state index in [9.17, 15) is 0 Å². The van der Waals surface area contributed by atoms with Gasteiger partial charge in [0.25, 0.3) is 0 Å². The second kappa shape index (κ2) is 5.60. The summed E-state index contributed by atoms with van der Waals surface area (Å²) >= 11 is 14.5. The van der Waals surface area contributed by atoms with Gasteiger partial charge in [-0.15, -0.1) is 12.6 Å². The molecule has 0 saturated heterocycles. The monoisotopic (exact) mass is 293 g/mol. The topological polar surface area (TPSA) is 44.5 Å². The molecule has 0 unspecified atom stereocenters. The Labute approximate surface area is 120 Å². The van der Waals surface area contributed by atoms with Gasteiger partial charge >= 0.3 is 0 Å². The molecule has 0 fully saturated rings. The van der Waals surface area contributed by atoms with Gasteiger partial charge in [0.1, 0.15) is 5.82 Å². The minimum Gasteiger partial charge on any atom is -0.320 e. The Morgan fingerprint density at radius 1 is 1.33 bits per heavy atom. The molecule has 0 radical (unpaired) electrons. The Bertz CT molecular complexity index is 672. The highest BCUT2D eigenvalue weighted by Gasteiger charge is 2.03. The van der Waals surface area contributed by atoms with Crippen molar-refractivity contribution in [1.82, 2.24) is 15.0 Å². The van der Waals surface area contributed by atoms with E-state index in [1.54, 1.807) is 6.08 Å². The Morgan fingerprint density at radius 2 is 2.11 bits per heavy atom. The van der Waals surface area contributed by atoms with E-state index in [1.165, 1.54) is 0 Å². The van der Waals surface area contributed by atoms with Crippen molar-refractivity contribution < 1.29 is 0 Å². The van der Waals surface area contributed by atoms with Crippen molar-refractivity contribution in [2.24, 2.45) is 0 Å². The lowest BCUT2D eigenvalue weighted by Crippen LogP contribution is -2.00. The Balaban J connectivity index is 2.36. The molecule has 2 aromatic rings. The molecule has 92 valence electrons. The maximum atomic E-state index is 5.03. The van der Waals surface area contributed by atoms with Crippen LogP contribution in [-0.2, 0) is 6.42 Å². The number of nitrogens with zero attached hydrogens (tertiary/aromatic N) is 1. The molecule has 3 nitrogen and oxygen atoms in total. The first-order valence-electron chi connectivity index (χ1n) is 5.22. The fraction of sp³-hybridized carbons (Fsp3) is 0.0833. The number of aromatic nitrogens is 3. The SMILES string of the molecule is C=Cc1ccc(Cc2nc(=S)[nH]c(=S)[nH]2)c(S)c1. The summed E-state index contributed by atoms with van der Waals surface area (Å²) in [6.07, 6.45) is 2.40. The average Bonchev–Trinajstić information content (AvgIpc) is 2.30.